The van der Waals surface area contributed by atoms with E-state index in [2.05, 4.69) is 5.10 Å². The molecule has 0 saturated carbocycles. The van der Waals surface area contributed by atoms with Crippen LogP contribution in [-0.2, 0) is 18.2 Å². The first-order valence-corrected chi connectivity index (χ1v) is 5.63. The summed E-state index contributed by atoms with van der Waals surface area (Å²) in [5.41, 5.74) is 1.53. The van der Waals surface area contributed by atoms with E-state index in [1.807, 2.05) is 19.1 Å². The maximum absolute atomic E-state index is 12.1. The fourth-order valence-electron chi connectivity index (χ4n) is 1.75. The minimum Gasteiger partial charge on any atom is -0.490 e. The number of aryl methyl sites for hydroxylation is 2. The molecule has 0 saturated heterocycles. The Hall–Kier alpha value is -1.58. The van der Waals surface area contributed by atoms with Crippen molar-refractivity contribution in [1.29, 1.82) is 0 Å². The summed E-state index contributed by atoms with van der Waals surface area (Å²) < 4.78 is 6.99. The molecule has 4 nitrogen and oxygen atoms in total. The van der Waals surface area contributed by atoms with Crippen molar-refractivity contribution in [3.05, 3.63) is 29.3 Å². The lowest BCUT2D eigenvalue weighted by Gasteiger charge is -2.13. The van der Waals surface area contributed by atoms with Gasteiger partial charge in [-0.25, -0.2) is 0 Å². The van der Waals surface area contributed by atoms with Crippen molar-refractivity contribution in [2.24, 2.45) is 7.05 Å². The van der Waals surface area contributed by atoms with Crippen LogP contribution in [0, 0.1) is 0 Å². The number of hydrogen-bond acceptors (Lipinski definition) is 3. The van der Waals surface area contributed by atoms with Crippen molar-refractivity contribution in [3.63, 3.8) is 0 Å². The summed E-state index contributed by atoms with van der Waals surface area (Å²) in [5.74, 6) is 0.409. The van der Waals surface area contributed by atoms with Crippen molar-refractivity contribution in [3.8, 4) is 0 Å². The quantitative estimate of drug-likeness (QED) is 0.730. The fraction of sp³-hybridized carbons (Fsp3) is 0.500. The van der Waals surface area contributed by atoms with Gasteiger partial charge in [-0.3, -0.25) is 9.48 Å². The molecule has 0 atom stereocenters. The van der Waals surface area contributed by atoms with Crippen LogP contribution in [-0.4, -0.2) is 22.2 Å². The van der Waals surface area contributed by atoms with Gasteiger partial charge in [0.15, 0.2) is 5.76 Å². The first-order valence-electron chi connectivity index (χ1n) is 5.63. The highest BCUT2D eigenvalue weighted by Crippen LogP contribution is 2.16. The predicted octanol–water partition coefficient (Wildman–Crippen LogP) is 1.86. The van der Waals surface area contributed by atoms with E-state index in [0.29, 0.717) is 18.1 Å². The number of Topliss-reactive ketones (excluding diaryl/α,β-unsaturated/α-hetero) is 1. The number of ether oxygens (including phenoxy) is 1. The molecule has 0 bridgehead atoms. The summed E-state index contributed by atoms with van der Waals surface area (Å²) in [6.45, 7) is 2.66. The molecule has 0 radical (unpaired) electrons. The minimum atomic E-state index is -0.0607. The number of carbonyl (C=O) groups is 1. The van der Waals surface area contributed by atoms with Gasteiger partial charge < -0.3 is 4.74 Å². The molecule has 0 fully saturated rings. The Morgan fingerprint density at radius 2 is 2.44 bits per heavy atom. The van der Waals surface area contributed by atoms with Crippen LogP contribution in [0.25, 0.3) is 0 Å². The topological polar surface area (TPSA) is 44.1 Å². The lowest BCUT2D eigenvalue weighted by atomic mass is 10.1. The highest BCUT2D eigenvalue weighted by Gasteiger charge is 2.19. The highest BCUT2D eigenvalue weighted by molar-refractivity contribution is 6.06. The SMILES string of the molecule is CCc1cc(C(=O)C2=CCCCO2)n(C)n1. The highest BCUT2D eigenvalue weighted by atomic mass is 16.5. The smallest absolute Gasteiger partial charge is 0.245 e. The molecule has 0 N–H and O–H groups in total. The van der Waals surface area contributed by atoms with E-state index in [9.17, 15) is 4.79 Å². The molecule has 0 unspecified atom stereocenters. The number of hydrogen-bond donors (Lipinski definition) is 0. The maximum Gasteiger partial charge on any atom is 0.245 e. The second-order valence-corrected chi connectivity index (χ2v) is 3.89. The summed E-state index contributed by atoms with van der Waals surface area (Å²) in [6.07, 6.45) is 4.60. The number of aromatic nitrogens is 2. The summed E-state index contributed by atoms with van der Waals surface area (Å²) in [5, 5.41) is 4.26. The van der Waals surface area contributed by atoms with Crippen molar-refractivity contribution in [2.75, 3.05) is 6.61 Å². The molecular weight excluding hydrogens is 204 g/mol. The first kappa shape index (κ1) is 10.9. The Morgan fingerprint density at radius 1 is 1.62 bits per heavy atom. The number of ketones is 1. The van der Waals surface area contributed by atoms with E-state index in [1.165, 1.54) is 0 Å². The van der Waals surface area contributed by atoms with Crippen LogP contribution in [0.1, 0.15) is 35.9 Å². The Balaban J connectivity index is 2.25. The van der Waals surface area contributed by atoms with Crippen molar-refractivity contribution in [2.45, 2.75) is 26.2 Å². The van der Waals surface area contributed by atoms with E-state index in [4.69, 9.17) is 4.74 Å². The van der Waals surface area contributed by atoms with Gasteiger partial charge in [0.1, 0.15) is 5.69 Å². The van der Waals surface area contributed by atoms with E-state index < -0.39 is 0 Å². The molecule has 1 aliphatic heterocycles. The first-order chi connectivity index (χ1) is 7.72. The van der Waals surface area contributed by atoms with Crippen molar-refractivity contribution < 1.29 is 9.53 Å². The lowest BCUT2D eigenvalue weighted by molar-refractivity contribution is 0.0890. The largest absolute Gasteiger partial charge is 0.490 e. The molecule has 0 amide bonds. The van der Waals surface area contributed by atoms with E-state index in [0.717, 1.165) is 25.0 Å². The van der Waals surface area contributed by atoms with Crippen LogP contribution in [0.3, 0.4) is 0 Å². The molecule has 2 heterocycles. The van der Waals surface area contributed by atoms with Gasteiger partial charge in [-0.2, -0.15) is 5.10 Å². The molecule has 16 heavy (non-hydrogen) atoms. The van der Waals surface area contributed by atoms with Crippen LogP contribution >= 0.6 is 0 Å². The molecule has 2 rings (SSSR count). The summed E-state index contributed by atoms with van der Waals surface area (Å²) >= 11 is 0. The monoisotopic (exact) mass is 220 g/mol. The van der Waals surface area contributed by atoms with E-state index >= 15 is 0 Å². The third kappa shape index (κ3) is 2.01. The van der Waals surface area contributed by atoms with Crippen molar-refractivity contribution >= 4 is 5.78 Å². The van der Waals surface area contributed by atoms with E-state index in [-0.39, 0.29) is 5.78 Å². The summed E-state index contributed by atoms with van der Waals surface area (Å²) in [6, 6.07) is 1.83. The van der Waals surface area contributed by atoms with Crippen LogP contribution in [0.5, 0.6) is 0 Å². The van der Waals surface area contributed by atoms with Gasteiger partial charge in [-0.15, -0.1) is 0 Å². The van der Waals surface area contributed by atoms with Gasteiger partial charge in [0.05, 0.1) is 12.3 Å². The van der Waals surface area contributed by atoms with Gasteiger partial charge in [-0.05, 0) is 31.4 Å². The predicted molar refractivity (Wildman–Crippen MR) is 60.2 cm³/mol. The van der Waals surface area contributed by atoms with Gasteiger partial charge in [0.2, 0.25) is 5.78 Å². The Morgan fingerprint density at radius 3 is 3.00 bits per heavy atom. The Kier molecular flexibility index (Phi) is 3.08. The number of allylic oxidation sites excluding steroid dienone is 2. The molecular formula is C12H16N2O2. The zero-order valence-electron chi connectivity index (χ0n) is 9.69. The molecule has 4 heteroatoms. The van der Waals surface area contributed by atoms with Gasteiger partial charge in [-0.1, -0.05) is 6.92 Å². The molecule has 1 aromatic rings. The van der Waals surface area contributed by atoms with Gasteiger partial charge >= 0.3 is 0 Å². The standard InChI is InChI=1S/C12H16N2O2/c1-3-9-8-10(14(2)13-9)12(15)11-6-4-5-7-16-11/h6,8H,3-5,7H2,1-2H3. The third-order valence-electron chi connectivity index (χ3n) is 2.68. The molecule has 0 aromatic carbocycles. The number of rotatable bonds is 3. The Labute approximate surface area is 94.9 Å². The fourth-order valence-corrected chi connectivity index (χ4v) is 1.75. The third-order valence-corrected chi connectivity index (χ3v) is 2.68. The van der Waals surface area contributed by atoms with Crippen LogP contribution in [0.4, 0.5) is 0 Å². The summed E-state index contributed by atoms with van der Waals surface area (Å²) in [7, 11) is 1.79. The van der Waals surface area contributed by atoms with Crippen LogP contribution < -0.4 is 0 Å². The lowest BCUT2D eigenvalue weighted by Crippen LogP contribution is -2.14. The molecule has 86 valence electrons. The normalized spacial score (nSPS) is 15.5. The van der Waals surface area contributed by atoms with Crippen LogP contribution in [0.15, 0.2) is 17.9 Å². The second kappa shape index (κ2) is 4.51. The average Bonchev–Trinajstić information content (AvgIpc) is 2.71. The van der Waals surface area contributed by atoms with Crippen molar-refractivity contribution in [1.82, 2.24) is 9.78 Å². The summed E-state index contributed by atoms with van der Waals surface area (Å²) in [4.78, 5) is 12.1. The zero-order chi connectivity index (χ0) is 11.5. The Bertz CT molecular complexity index is 432. The average molecular weight is 220 g/mol. The second-order valence-electron chi connectivity index (χ2n) is 3.89. The molecule has 0 aliphatic carbocycles. The zero-order valence-corrected chi connectivity index (χ0v) is 9.69. The van der Waals surface area contributed by atoms with Crippen LogP contribution in [0.2, 0.25) is 0 Å². The minimum absolute atomic E-state index is 0.0607. The molecule has 1 aliphatic rings. The number of nitrogens with zero attached hydrogens (tertiary/aromatic N) is 2. The molecule has 0 spiro atoms. The van der Waals surface area contributed by atoms with Gasteiger partial charge in [0, 0.05) is 7.05 Å². The van der Waals surface area contributed by atoms with Gasteiger partial charge in [0.25, 0.3) is 0 Å². The number of carbonyl (C=O) groups excluding carboxylic acids is 1. The molecule has 1 aromatic heterocycles. The maximum atomic E-state index is 12.1. The van der Waals surface area contributed by atoms with E-state index in [1.54, 1.807) is 11.7 Å².